The van der Waals surface area contributed by atoms with E-state index >= 15 is 0 Å². The summed E-state index contributed by atoms with van der Waals surface area (Å²) >= 11 is 11.0. The van der Waals surface area contributed by atoms with Gasteiger partial charge in [-0.3, -0.25) is 23.2 Å². The first-order valence-electron chi connectivity index (χ1n) is 29.5. The Hall–Kier alpha value is -7.57. The number of esters is 1. The normalized spacial score (nSPS) is 15.7. The second kappa shape index (κ2) is 30.8. The first-order chi connectivity index (χ1) is 42.7. The summed E-state index contributed by atoms with van der Waals surface area (Å²) in [6.07, 6.45) is 4.42. The monoisotopic (exact) mass is 1250 g/mol. The molecular weight excluding hydrogens is 1180 g/mol. The average molecular weight is 1250 g/mol. The maximum atomic E-state index is 12.3. The number of methoxy groups -OCH3 is 1. The third kappa shape index (κ3) is 16.1. The van der Waals surface area contributed by atoms with Gasteiger partial charge >= 0.3 is 35.5 Å². The van der Waals surface area contributed by atoms with Gasteiger partial charge in [0.1, 0.15) is 45.0 Å². The number of halogens is 2. The van der Waals surface area contributed by atoms with Gasteiger partial charge in [0, 0.05) is 68.7 Å². The van der Waals surface area contributed by atoms with Crippen molar-refractivity contribution in [3.05, 3.63) is 148 Å². The van der Waals surface area contributed by atoms with Crippen molar-refractivity contribution in [2.75, 3.05) is 127 Å². The number of carbonyl (C=O) groups is 4. The van der Waals surface area contributed by atoms with Gasteiger partial charge < -0.3 is 55.1 Å². The first kappa shape index (κ1) is 65.9. The molecule has 0 atom stereocenters. The number of hydrogen-bond donors (Lipinski definition) is 3. The molecule has 89 heavy (non-hydrogen) atoms. The molecule has 10 aromatic rings. The van der Waals surface area contributed by atoms with E-state index < -0.39 is 5.97 Å². The molecule has 0 amide bonds. The van der Waals surface area contributed by atoms with Crippen molar-refractivity contribution in [1.29, 1.82) is 0 Å². The summed E-state index contributed by atoms with van der Waals surface area (Å²) in [5.74, 6) is 0.451. The Balaban J connectivity index is 0.000000143. The van der Waals surface area contributed by atoms with Gasteiger partial charge in [0.25, 0.3) is 0 Å². The van der Waals surface area contributed by atoms with Crippen molar-refractivity contribution in [1.82, 2.24) is 53.7 Å². The number of ether oxygens (including phenoxy) is 1. The summed E-state index contributed by atoms with van der Waals surface area (Å²) in [7, 11) is 7.87. The zero-order valence-corrected chi connectivity index (χ0v) is 54.6. The zero-order chi connectivity index (χ0) is 61.8. The van der Waals surface area contributed by atoms with E-state index in [0.717, 1.165) is 133 Å². The molecule has 458 valence electrons. The SMILES string of the molecule is CC(=O)c1cc2ccc(N3CCCN(C)CC3)nc2n2c1nc1ccccc12.CN1CCCN(c2ccc3cc(C(=O)[O-])c4nc5ccccc5n4c3n2)CC1.CN1CCCNCC1.COC(=O)CC1Nc2ccccc2N1.O=Cc1ccc(Cl)nc1Cl.[Na+]. The number of likely N-dealkylation sites (N-methyl/N-ethyl adjacent to an activating group) is 3. The minimum atomic E-state index is -1.23. The number of aldehydes is 1. The molecule has 3 fully saturated rings. The van der Waals surface area contributed by atoms with Crippen LogP contribution in [0.3, 0.4) is 0 Å². The van der Waals surface area contributed by atoms with Crippen LogP contribution in [0.4, 0.5) is 23.0 Å². The largest absolute Gasteiger partial charge is 1.00 e. The van der Waals surface area contributed by atoms with Crippen LogP contribution in [-0.2, 0) is 9.53 Å². The van der Waals surface area contributed by atoms with Gasteiger partial charge in [-0.15, -0.1) is 0 Å². The fraction of sp³-hybridized carbons (Fsp3) is 0.338. The van der Waals surface area contributed by atoms with E-state index in [1.807, 2.05) is 99.8 Å². The fourth-order valence-electron chi connectivity index (χ4n) is 11.1. The van der Waals surface area contributed by atoms with Crippen LogP contribution in [0.5, 0.6) is 0 Å². The van der Waals surface area contributed by atoms with Gasteiger partial charge in [-0.25, -0.2) is 24.9 Å². The Kier molecular flexibility index (Phi) is 22.8. The molecule has 0 radical (unpaired) electrons. The number of para-hydroxylation sites is 6. The van der Waals surface area contributed by atoms with Crippen LogP contribution in [0.25, 0.3) is 55.4 Å². The molecule has 0 spiro atoms. The summed E-state index contributed by atoms with van der Waals surface area (Å²) in [6.45, 7) is 14.5. The molecule has 4 aliphatic rings. The van der Waals surface area contributed by atoms with Gasteiger partial charge in [-0.05, 0) is 158 Å². The van der Waals surface area contributed by atoms with Crippen LogP contribution in [0, 0.1) is 0 Å². The standard InChI is InChI=1S/C22H23N5O.C21H21N5O2.C10H12N2O2.C6H3Cl2NO.C6H14N2.Na/c1-15(28)17-14-16-8-9-20(26-11-5-10-25(2)12-13-26)24-21(16)27-19-7-4-3-6-18(19)23-22(17)27;1-24-9-4-10-25(12-11-24)18-8-7-14-13-15(21(27)28)20-22-16-5-2-3-6-17(16)26(20)19(14)23-18;1-14-10(13)6-9-11-7-4-2-3-5-8(7)12-9;7-5-2-1-4(3-10)6(8)9-5;1-8-5-2-3-7-4-6-8;/h3-4,6-9,14H,5,10-13H2,1-2H3;2-3,5-8,13H,4,9-12H2,1H3,(H,27,28);2-5,9,11-12H,6H2,1H3;1-3H;7H,2-6H2,1H3;/q;;;;;+1/p-1. The van der Waals surface area contributed by atoms with E-state index in [9.17, 15) is 24.3 Å². The number of Topliss-reactive ketones (excluding diaryl/α,β-unsaturated/α-hetero) is 1. The Morgan fingerprint density at radius 1 is 0.584 bits per heavy atom. The predicted molar refractivity (Wildman–Crippen MR) is 348 cm³/mol. The number of fused-ring (bicyclic) bond motifs is 11. The van der Waals surface area contributed by atoms with Gasteiger partial charge in [0.2, 0.25) is 0 Å². The van der Waals surface area contributed by atoms with Crippen molar-refractivity contribution in [3.63, 3.8) is 0 Å². The number of imidazole rings is 2. The van der Waals surface area contributed by atoms with Crippen molar-refractivity contribution in [3.8, 4) is 0 Å². The number of aromatic nitrogens is 7. The van der Waals surface area contributed by atoms with Crippen LogP contribution in [0.2, 0.25) is 10.3 Å². The minimum Gasteiger partial charge on any atom is -0.545 e. The Labute approximate surface area is 548 Å². The van der Waals surface area contributed by atoms with Crippen LogP contribution in [-0.4, -0.2) is 185 Å². The molecule has 21 nitrogen and oxygen atoms in total. The Morgan fingerprint density at radius 2 is 1.09 bits per heavy atom. The van der Waals surface area contributed by atoms with Gasteiger partial charge in [0.15, 0.2) is 17.7 Å². The van der Waals surface area contributed by atoms with E-state index in [2.05, 4.69) is 88.4 Å². The molecule has 4 aliphatic heterocycles. The van der Waals surface area contributed by atoms with Gasteiger partial charge in [-0.1, -0.05) is 59.6 Å². The number of rotatable bonds is 7. The Morgan fingerprint density at radius 3 is 1.61 bits per heavy atom. The predicted octanol–water partition coefficient (Wildman–Crippen LogP) is 5.45. The average Bonchev–Trinajstić information content (AvgIpc) is 1.76. The molecule has 24 heteroatoms. The molecule has 0 bridgehead atoms. The number of nitrogens with one attached hydrogen (secondary N) is 3. The molecule has 0 unspecified atom stereocenters. The van der Waals surface area contributed by atoms with Crippen molar-refractivity contribution in [2.45, 2.75) is 38.8 Å². The number of benzene rings is 3. The molecular formula is C65H72Cl2N15NaO6. The molecule has 7 aromatic heterocycles. The second-order valence-electron chi connectivity index (χ2n) is 22.1. The van der Waals surface area contributed by atoms with Crippen LogP contribution < -0.4 is 60.4 Å². The number of hydrogen-bond acceptors (Lipinski definition) is 19. The Bertz CT molecular complexity index is 3930. The number of carboxylic acid groups (broad SMARTS) is 1. The molecule has 0 aliphatic carbocycles. The fourth-order valence-corrected chi connectivity index (χ4v) is 11.5. The maximum Gasteiger partial charge on any atom is 1.00 e. The molecule has 3 saturated heterocycles. The van der Waals surface area contributed by atoms with E-state index in [0.29, 0.717) is 40.8 Å². The van der Waals surface area contributed by atoms with Crippen LogP contribution in [0.15, 0.2) is 121 Å². The smallest absolute Gasteiger partial charge is 0.545 e. The van der Waals surface area contributed by atoms with E-state index in [4.69, 9.17) is 38.2 Å². The van der Waals surface area contributed by atoms with Gasteiger partial charge in [0.05, 0.1) is 64.1 Å². The second-order valence-corrected chi connectivity index (χ2v) is 22.9. The molecule has 3 aromatic carbocycles. The van der Waals surface area contributed by atoms with Crippen molar-refractivity contribution >= 4 is 126 Å². The van der Waals surface area contributed by atoms with Crippen molar-refractivity contribution in [2.24, 2.45) is 0 Å². The number of aromatic carboxylic acids is 1. The molecule has 11 heterocycles. The van der Waals surface area contributed by atoms with Gasteiger partial charge in [-0.2, -0.15) is 0 Å². The van der Waals surface area contributed by atoms with Crippen molar-refractivity contribution < 1.29 is 58.6 Å². The summed E-state index contributed by atoms with van der Waals surface area (Å²) in [5.41, 5.74) is 9.17. The third-order valence-corrected chi connectivity index (χ3v) is 16.3. The number of carboxylic acids is 1. The van der Waals surface area contributed by atoms with Crippen LogP contribution >= 0.6 is 23.2 Å². The van der Waals surface area contributed by atoms with E-state index in [-0.39, 0.29) is 63.3 Å². The molecule has 0 saturated carbocycles. The summed E-state index contributed by atoms with van der Waals surface area (Å²) in [6, 6.07) is 38.1. The topological polar surface area (TPSA) is 226 Å². The maximum absolute atomic E-state index is 12.3. The molecule has 14 rings (SSSR count). The number of ketones is 1. The number of nitrogens with zero attached hydrogens (tertiary/aromatic N) is 12. The van der Waals surface area contributed by atoms with Crippen LogP contribution in [0.1, 0.15) is 63.7 Å². The van der Waals surface area contributed by atoms with E-state index in [1.165, 1.54) is 45.3 Å². The molecule has 3 N–H and O–H groups in total. The number of anilines is 4. The number of pyridine rings is 5. The quantitative estimate of drug-likeness (QED) is 0.0593. The van der Waals surface area contributed by atoms with E-state index in [1.54, 1.807) is 13.0 Å². The first-order valence-corrected chi connectivity index (χ1v) is 30.3. The zero-order valence-electron chi connectivity index (χ0n) is 51.1. The minimum absolute atomic E-state index is 0. The number of carbonyl (C=O) groups excluding carboxylic acids is 4. The third-order valence-electron chi connectivity index (χ3n) is 15.8. The summed E-state index contributed by atoms with van der Waals surface area (Å²) in [4.78, 5) is 79.8. The summed E-state index contributed by atoms with van der Waals surface area (Å²) in [5, 5.41) is 23.6. The summed E-state index contributed by atoms with van der Waals surface area (Å²) < 4.78 is 8.47.